The highest BCUT2D eigenvalue weighted by Gasteiger charge is 2.08. The molecule has 0 atom stereocenters. The second kappa shape index (κ2) is 7.76. The molecule has 3 rings (SSSR count). The zero-order chi connectivity index (χ0) is 17.8. The van der Waals surface area contributed by atoms with Gasteiger partial charge in [0.1, 0.15) is 0 Å². The quantitative estimate of drug-likeness (QED) is 0.682. The van der Waals surface area contributed by atoms with Crippen LogP contribution in [0.4, 0.5) is 5.69 Å². The van der Waals surface area contributed by atoms with E-state index in [1.54, 1.807) is 11.3 Å². The first-order valence-corrected chi connectivity index (χ1v) is 9.48. The molecule has 25 heavy (non-hydrogen) atoms. The van der Waals surface area contributed by atoms with Crippen LogP contribution in [0.3, 0.4) is 0 Å². The number of benzene rings is 1. The van der Waals surface area contributed by atoms with Gasteiger partial charge in [0.15, 0.2) is 5.16 Å². The van der Waals surface area contributed by atoms with Crippen LogP contribution in [0.5, 0.6) is 0 Å². The molecule has 0 radical (unpaired) electrons. The van der Waals surface area contributed by atoms with Crippen LogP contribution in [0, 0.1) is 20.8 Å². The molecule has 1 amide bonds. The summed E-state index contributed by atoms with van der Waals surface area (Å²) in [5, 5.41) is 6.51. The molecule has 0 aliphatic heterocycles. The number of thiazole rings is 1. The molecule has 5 nitrogen and oxygen atoms in total. The van der Waals surface area contributed by atoms with Crippen molar-refractivity contribution in [1.29, 1.82) is 0 Å². The second-order valence-corrected chi connectivity index (χ2v) is 7.75. The molecule has 0 fully saturated rings. The lowest BCUT2D eigenvalue weighted by Gasteiger charge is -2.06. The molecule has 2 heterocycles. The summed E-state index contributed by atoms with van der Waals surface area (Å²) in [5.74, 6) is -0.0663. The second-order valence-electron chi connectivity index (χ2n) is 5.64. The maximum Gasteiger partial charge on any atom is 0.230 e. The molecule has 7 heteroatoms. The van der Waals surface area contributed by atoms with Gasteiger partial charge in [-0.3, -0.25) is 4.79 Å². The Kier molecular flexibility index (Phi) is 5.45. The number of amides is 1. The Morgan fingerprint density at radius 2 is 1.76 bits per heavy atom. The summed E-state index contributed by atoms with van der Waals surface area (Å²) in [5.41, 5.74) is 3.48. The predicted octanol–water partition coefficient (Wildman–Crippen LogP) is 4.19. The number of carbonyl (C=O) groups excluding carboxylic acids is 1. The van der Waals surface area contributed by atoms with Crippen molar-refractivity contribution in [2.24, 2.45) is 0 Å². The Morgan fingerprint density at radius 3 is 2.36 bits per heavy atom. The van der Waals surface area contributed by atoms with Crippen molar-refractivity contribution < 1.29 is 4.79 Å². The van der Waals surface area contributed by atoms with Crippen LogP contribution in [0.2, 0.25) is 0 Å². The molecule has 0 unspecified atom stereocenters. The van der Waals surface area contributed by atoms with Crippen LogP contribution < -0.4 is 5.32 Å². The fourth-order valence-electron chi connectivity index (χ4n) is 2.31. The summed E-state index contributed by atoms with van der Waals surface area (Å²) >= 11 is 3.06. The van der Waals surface area contributed by atoms with Gasteiger partial charge in [-0.2, -0.15) is 0 Å². The predicted molar refractivity (Wildman–Crippen MR) is 101 cm³/mol. The molecule has 128 valence electrons. The van der Waals surface area contributed by atoms with Gasteiger partial charge in [0.05, 0.1) is 17.1 Å². The van der Waals surface area contributed by atoms with Gasteiger partial charge >= 0.3 is 0 Å². The minimum atomic E-state index is -0.0663. The maximum absolute atomic E-state index is 12.1. The van der Waals surface area contributed by atoms with E-state index in [1.165, 1.54) is 11.8 Å². The monoisotopic (exact) mass is 370 g/mol. The van der Waals surface area contributed by atoms with Crippen LogP contribution in [-0.4, -0.2) is 20.9 Å². The summed E-state index contributed by atoms with van der Waals surface area (Å²) in [6, 6.07) is 9.62. The molecule has 2 aromatic heterocycles. The van der Waals surface area contributed by atoms with Crippen LogP contribution in [0.1, 0.15) is 22.1 Å². The van der Waals surface area contributed by atoms with Crippen molar-refractivity contribution in [2.45, 2.75) is 37.2 Å². The van der Waals surface area contributed by atoms with E-state index < -0.39 is 0 Å². The summed E-state index contributed by atoms with van der Waals surface area (Å²) in [6.45, 7) is 5.85. The zero-order valence-electron chi connectivity index (χ0n) is 14.2. The molecule has 0 spiro atoms. The number of hydrogen-bond acceptors (Lipinski definition) is 6. The number of rotatable bonds is 5. The summed E-state index contributed by atoms with van der Waals surface area (Å²) in [7, 11) is 0. The molecule has 0 saturated carbocycles. The summed E-state index contributed by atoms with van der Waals surface area (Å²) in [4.78, 5) is 26.3. The summed E-state index contributed by atoms with van der Waals surface area (Å²) < 4.78 is 0. The van der Waals surface area contributed by atoms with E-state index in [0.29, 0.717) is 0 Å². The van der Waals surface area contributed by atoms with Crippen molar-refractivity contribution >= 4 is 34.7 Å². The first kappa shape index (κ1) is 17.6. The molecule has 0 aliphatic carbocycles. The van der Waals surface area contributed by atoms with Crippen molar-refractivity contribution in [1.82, 2.24) is 15.0 Å². The number of anilines is 1. The fourth-order valence-corrected chi connectivity index (χ4v) is 3.78. The van der Waals surface area contributed by atoms with E-state index >= 15 is 0 Å². The Bertz CT molecular complexity index is 870. The largest absolute Gasteiger partial charge is 0.326 e. The number of aromatic nitrogens is 3. The number of nitrogens with one attached hydrogen (secondary N) is 1. The van der Waals surface area contributed by atoms with E-state index in [9.17, 15) is 4.79 Å². The van der Waals surface area contributed by atoms with Crippen molar-refractivity contribution in [3.63, 3.8) is 0 Å². The van der Waals surface area contributed by atoms with E-state index in [0.717, 1.165) is 37.8 Å². The minimum absolute atomic E-state index is 0.0663. The lowest BCUT2D eigenvalue weighted by Crippen LogP contribution is -2.14. The van der Waals surface area contributed by atoms with Crippen LogP contribution >= 0.6 is 23.1 Å². The van der Waals surface area contributed by atoms with Gasteiger partial charge in [0.25, 0.3) is 0 Å². The SMILES string of the molecule is Cc1cc(C)nc(Sc2ccc(NC(=O)Cc3csc(C)n3)cc2)n1. The Labute approximate surface area is 155 Å². The summed E-state index contributed by atoms with van der Waals surface area (Å²) in [6.07, 6.45) is 0.289. The first-order chi connectivity index (χ1) is 12.0. The average molecular weight is 371 g/mol. The number of hydrogen-bond donors (Lipinski definition) is 1. The maximum atomic E-state index is 12.1. The lowest BCUT2D eigenvalue weighted by atomic mass is 10.3. The van der Waals surface area contributed by atoms with Gasteiger partial charge in [-0.1, -0.05) is 0 Å². The topological polar surface area (TPSA) is 67.8 Å². The highest BCUT2D eigenvalue weighted by molar-refractivity contribution is 7.99. The van der Waals surface area contributed by atoms with Crippen molar-refractivity contribution in [3.05, 3.63) is 57.8 Å². The minimum Gasteiger partial charge on any atom is -0.326 e. The van der Waals surface area contributed by atoms with Gasteiger partial charge in [0.2, 0.25) is 5.91 Å². The average Bonchev–Trinajstić information content (AvgIpc) is 2.93. The van der Waals surface area contributed by atoms with Gasteiger partial charge < -0.3 is 5.32 Å². The molecule has 0 saturated heterocycles. The van der Waals surface area contributed by atoms with Crippen molar-refractivity contribution in [3.8, 4) is 0 Å². The van der Waals surface area contributed by atoms with Gasteiger partial charge in [0, 0.05) is 27.4 Å². The van der Waals surface area contributed by atoms with E-state index in [-0.39, 0.29) is 12.3 Å². The molecule has 0 aliphatic rings. The van der Waals surface area contributed by atoms with E-state index in [2.05, 4.69) is 20.3 Å². The fraction of sp³-hybridized carbons (Fsp3) is 0.222. The smallest absolute Gasteiger partial charge is 0.230 e. The Balaban J connectivity index is 1.60. The molecule has 3 aromatic rings. The standard InChI is InChI=1S/C18H18N4OS2/c1-11-8-12(2)20-18(19-11)25-16-6-4-14(5-7-16)22-17(23)9-15-10-24-13(3)21-15/h4-8,10H,9H2,1-3H3,(H,22,23). The Morgan fingerprint density at radius 1 is 1.08 bits per heavy atom. The third-order valence-corrected chi connectivity index (χ3v) is 5.01. The van der Waals surface area contributed by atoms with Gasteiger partial charge in [-0.15, -0.1) is 11.3 Å². The molecular formula is C18H18N4OS2. The molecule has 1 aromatic carbocycles. The number of aryl methyl sites for hydroxylation is 3. The third-order valence-electron chi connectivity index (χ3n) is 3.32. The first-order valence-electron chi connectivity index (χ1n) is 7.79. The third kappa shape index (κ3) is 5.11. The molecular weight excluding hydrogens is 352 g/mol. The normalized spacial score (nSPS) is 10.7. The van der Waals surface area contributed by atoms with Crippen LogP contribution in [-0.2, 0) is 11.2 Å². The van der Waals surface area contributed by atoms with Gasteiger partial charge in [-0.05, 0) is 62.9 Å². The lowest BCUT2D eigenvalue weighted by molar-refractivity contribution is -0.115. The molecule has 1 N–H and O–H groups in total. The van der Waals surface area contributed by atoms with Crippen LogP contribution in [0.25, 0.3) is 0 Å². The number of nitrogens with zero attached hydrogens (tertiary/aromatic N) is 3. The molecule has 0 bridgehead atoms. The Hall–Kier alpha value is -2.25. The van der Waals surface area contributed by atoms with Crippen molar-refractivity contribution in [2.75, 3.05) is 5.32 Å². The van der Waals surface area contributed by atoms with E-state index in [1.807, 2.05) is 56.5 Å². The van der Waals surface area contributed by atoms with Gasteiger partial charge in [-0.25, -0.2) is 15.0 Å². The highest BCUT2D eigenvalue weighted by Crippen LogP contribution is 2.26. The number of carbonyl (C=O) groups is 1. The zero-order valence-corrected chi connectivity index (χ0v) is 15.9. The highest BCUT2D eigenvalue weighted by atomic mass is 32.2. The van der Waals surface area contributed by atoms with Crippen LogP contribution in [0.15, 0.2) is 45.8 Å². The van der Waals surface area contributed by atoms with E-state index in [4.69, 9.17) is 0 Å².